The van der Waals surface area contributed by atoms with Crippen molar-refractivity contribution in [3.05, 3.63) is 53.6 Å². The first-order valence-electron chi connectivity index (χ1n) is 11.2. The molecule has 0 N–H and O–H groups in total. The minimum absolute atomic E-state index is 0.0566. The van der Waals surface area contributed by atoms with Crippen LogP contribution in [0.25, 0.3) is 11.1 Å². The van der Waals surface area contributed by atoms with Crippen molar-refractivity contribution in [3.8, 4) is 11.1 Å². The summed E-state index contributed by atoms with van der Waals surface area (Å²) in [6, 6.07) is 16.5. The molecule has 0 radical (unpaired) electrons. The van der Waals surface area contributed by atoms with E-state index in [-0.39, 0.29) is 7.92 Å². The van der Waals surface area contributed by atoms with Gasteiger partial charge in [0.1, 0.15) is 0 Å². The van der Waals surface area contributed by atoms with Crippen LogP contribution in [0.1, 0.15) is 75.3 Å². The molecular formula is C26H35P. The van der Waals surface area contributed by atoms with E-state index in [1.165, 1.54) is 86.5 Å². The topological polar surface area (TPSA) is 0 Å². The largest absolute Gasteiger partial charge is 0.0683 e. The Kier molecular flexibility index (Phi) is 6.34. The maximum absolute atomic E-state index is 2.50. The SMILES string of the molecule is Cc1ccc(-c2ccccc2P(C2CCCCC2)C2CCCCC2)c(C)c1. The van der Waals surface area contributed by atoms with Crippen molar-refractivity contribution in [3.63, 3.8) is 0 Å². The molecule has 4 rings (SSSR count). The Balaban J connectivity index is 1.77. The van der Waals surface area contributed by atoms with Crippen molar-refractivity contribution in [1.29, 1.82) is 0 Å². The van der Waals surface area contributed by atoms with E-state index in [1.807, 2.05) is 0 Å². The molecule has 0 heterocycles. The van der Waals surface area contributed by atoms with Crippen LogP contribution in [0.4, 0.5) is 0 Å². The maximum Gasteiger partial charge on any atom is -0.0104 e. The van der Waals surface area contributed by atoms with Gasteiger partial charge in [0.05, 0.1) is 0 Å². The van der Waals surface area contributed by atoms with Crippen molar-refractivity contribution in [2.75, 3.05) is 0 Å². The normalized spacial score (nSPS) is 19.5. The van der Waals surface area contributed by atoms with E-state index < -0.39 is 0 Å². The van der Waals surface area contributed by atoms with E-state index in [9.17, 15) is 0 Å². The second-order valence-corrected chi connectivity index (χ2v) is 11.6. The third kappa shape index (κ3) is 4.32. The maximum atomic E-state index is 2.50. The molecule has 0 aliphatic heterocycles. The lowest BCUT2D eigenvalue weighted by Crippen LogP contribution is -2.27. The molecule has 2 aromatic carbocycles. The Bertz CT molecular complexity index is 733. The van der Waals surface area contributed by atoms with Gasteiger partial charge in [0.2, 0.25) is 0 Å². The van der Waals surface area contributed by atoms with Crippen molar-refractivity contribution < 1.29 is 0 Å². The fraction of sp³-hybridized carbons (Fsp3) is 0.538. The van der Waals surface area contributed by atoms with Gasteiger partial charge in [-0.1, -0.05) is 94.5 Å². The monoisotopic (exact) mass is 378 g/mol. The van der Waals surface area contributed by atoms with Gasteiger partial charge < -0.3 is 0 Å². The Morgan fingerprint density at radius 3 is 1.85 bits per heavy atom. The molecule has 0 unspecified atom stereocenters. The van der Waals surface area contributed by atoms with Crippen molar-refractivity contribution in [1.82, 2.24) is 0 Å². The van der Waals surface area contributed by atoms with Crippen LogP contribution >= 0.6 is 7.92 Å². The summed E-state index contributed by atoms with van der Waals surface area (Å²) >= 11 is 0. The predicted octanol–water partition coefficient (Wildman–Crippen LogP) is 7.74. The minimum atomic E-state index is -0.0566. The Hall–Kier alpha value is -1.13. The highest BCUT2D eigenvalue weighted by Crippen LogP contribution is 2.56. The summed E-state index contributed by atoms with van der Waals surface area (Å²) in [7, 11) is -0.0566. The van der Waals surface area contributed by atoms with E-state index in [2.05, 4.69) is 56.3 Å². The fourth-order valence-corrected chi connectivity index (χ4v) is 9.41. The Morgan fingerprint density at radius 2 is 1.26 bits per heavy atom. The molecule has 0 aromatic heterocycles. The van der Waals surface area contributed by atoms with Gasteiger partial charge in [-0.3, -0.25) is 0 Å². The summed E-state index contributed by atoms with van der Waals surface area (Å²) in [5.41, 5.74) is 7.74. The number of benzene rings is 2. The van der Waals surface area contributed by atoms with E-state index in [4.69, 9.17) is 0 Å². The lowest BCUT2D eigenvalue weighted by atomic mass is 9.98. The molecule has 0 bridgehead atoms. The zero-order valence-electron chi connectivity index (χ0n) is 17.2. The minimum Gasteiger partial charge on any atom is -0.0683 e. The van der Waals surface area contributed by atoms with Crippen LogP contribution in [0.2, 0.25) is 0 Å². The van der Waals surface area contributed by atoms with Gasteiger partial charge in [0.15, 0.2) is 0 Å². The molecule has 27 heavy (non-hydrogen) atoms. The third-order valence-electron chi connectivity index (χ3n) is 6.79. The highest BCUT2D eigenvalue weighted by Gasteiger charge is 2.33. The van der Waals surface area contributed by atoms with Crippen molar-refractivity contribution >= 4 is 13.2 Å². The van der Waals surface area contributed by atoms with Gasteiger partial charge in [-0.15, -0.1) is 0 Å². The predicted molar refractivity (Wildman–Crippen MR) is 122 cm³/mol. The molecule has 0 nitrogen and oxygen atoms in total. The van der Waals surface area contributed by atoms with Crippen LogP contribution < -0.4 is 5.30 Å². The van der Waals surface area contributed by atoms with Gasteiger partial charge in [-0.2, -0.15) is 0 Å². The van der Waals surface area contributed by atoms with Crippen LogP contribution in [-0.4, -0.2) is 11.3 Å². The third-order valence-corrected chi connectivity index (χ3v) is 10.3. The lowest BCUT2D eigenvalue weighted by molar-refractivity contribution is 0.487. The van der Waals surface area contributed by atoms with E-state index >= 15 is 0 Å². The van der Waals surface area contributed by atoms with Crippen LogP contribution in [0, 0.1) is 13.8 Å². The first kappa shape index (κ1) is 19.2. The summed E-state index contributed by atoms with van der Waals surface area (Å²) in [6.07, 6.45) is 14.7. The highest BCUT2D eigenvalue weighted by atomic mass is 31.1. The van der Waals surface area contributed by atoms with Gasteiger partial charge in [-0.05, 0) is 72.8 Å². The molecule has 2 saturated carbocycles. The summed E-state index contributed by atoms with van der Waals surface area (Å²) in [6.45, 7) is 4.50. The zero-order chi connectivity index (χ0) is 18.6. The van der Waals surface area contributed by atoms with Crippen LogP contribution in [0.15, 0.2) is 42.5 Å². The Morgan fingerprint density at radius 1 is 0.667 bits per heavy atom. The smallest absolute Gasteiger partial charge is 0.0104 e. The standard InChI is InChI=1S/C26H35P/c1-20-17-18-24(21(2)19-20)25-15-9-10-16-26(25)27(22-11-5-3-6-12-22)23-13-7-4-8-14-23/h9-10,15-19,22-23H,3-8,11-14H2,1-2H3. The molecule has 0 spiro atoms. The average Bonchev–Trinajstić information content (AvgIpc) is 2.71. The first-order valence-corrected chi connectivity index (χ1v) is 12.7. The molecular weight excluding hydrogens is 343 g/mol. The van der Waals surface area contributed by atoms with Crippen molar-refractivity contribution in [2.45, 2.75) is 89.4 Å². The molecule has 0 amide bonds. The molecule has 2 fully saturated rings. The van der Waals surface area contributed by atoms with Gasteiger partial charge >= 0.3 is 0 Å². The molecule has 144 valence electrons. The lowest BCUT2D eigenvalue weighted by Gasteiger charge is -2.39. The van der Waals surface area contributed by atoms with Gasteiger partial charge in [-0.25, -0.2) is 0 Å². The summed E-state index contributed by atoms with van der Waals surface area (Å²) < 4.78 is 0. The first-order chi connectivity index (χ1) is 13.2. The molecule has 2 aromatic rings. The molecule has 2 aliphatic rings. The van der Waals surface area contributed by atoms with E-state index in [0.29, 0.717) is 0 Å². The zero-order valence-corrected chi connectivity index (χ0v) is 18.1. The number of rotatable bonds is 4. The quantitative estimate of drug-likeness (QED) is 0.477. The second kappa shape index (κ2) is 8.91. The summed E-state index contributed by atoms with van der Waals surface area (Å²) in [5, 5.41) is 1.72. The molecule has 1 heteroatoms. The van der Waals surface area contributed by atoms with Crippen LogP contribution in [0.5, 0.6) is 0 Å². The number of aryl methyl sites for hydroxylation is 2. The van der Waals surface area contributed by atoms with Crippen LogP contribution in [0.3, 0.4) is 0 Å². The van der Waals surface area contributed by atoms with E-state index in [0.717, 1.165) is 11.3 Å². The number of hydrogen-bond donors (Lipinski definition) is 0. The van der Waals surface area contributed by atoms with E-state index in [1.54, 1.807) is 5.30 Å². The number of hydrogen-bond acceptors (Lipinski definition) is 0. The summed E-state index contributed by atoms with van der Waals surface area (Å²) in [4.78, 5) is 0. The fourth-order valence-electron chi connectivity index (χ4n) is 5.45. The van der Waals surface area contributed by atoms with Gasteiger partial charge in [0, 0.05) is 0 Å². The van der Waals surface area contributed by atoms with Crippen molar-refractivity contribution in [2.24, 2.45) is 0 Å². The van der Waals surface area contributed by atoms with Gasteiger partial charge in [0.25, 0.3) is 0 Å². The molecule has 2 aliphatic carbocycles. The second-order valence-electron chi connectivity index (χ2n) is 8.83. The average molecular weight is 379 g/mol. The Labute approximate surface area is 167 Å². The molecule has 0 saturated heterocycles. The summed E-state index contributed by atoms with van der Waals surface area (Å²) in [5.74, 6) is 0. The molecule has 0 atom stereocenters. The highest BCUT2D eigenvalue weighted by molar-refractivity contribution is 7.67. The van der Waals surface area contributed by atoms with Crippen LogP contribution in [-0.2, 0) is 0 Å².